The van der Waals surface area contributed by atoms with E-state index in [0.717, 1.165) is 18.6 Å². The minimum absolute atomic E-state index is 0.0175. The Balaban J connectivity index is 2.69. The predicted molar refractivity (Wildman–Crippen MR) is 74.0 cm³/mol. The van der Waals surface area contributed by atoms with Gasteiger partial charge in [0.1, 0.15) is 0 Å². The third-order valence-electron chi connectivity index (χ3n) is 2.55. The van der Waals surface area contributed by atoms with E-state index in [9.17, 15) is 5.11 Å². The number of hydrogen-bond acceptors (Lipinski definition) is 4. The molecule has 0 saturated carbocycles. The van der Waals surface area contributed by atoms with Crippen LogP contribution in [0, 0.1) is 5.92 Å². The highest BCUT2D eigenvalue weighted by Gasteiger charge is 2.13. The molecule has 1 unspecified atom stereocenters. The van der Waals surface area contributed by atoms with Crippen LogP contribution in [0.2, 0.25) is 0 Å². The molecule has 1 heterocycles. The molecule has 1 aromatic heterocycles. The van der Waals surface area contributed by atoms with Gasteiger partial charge in [-0.1, -0.05) is 20.8 Å². The monoisotopic (exact) mass is 252 g/mol. The summed E-state index contributed by atoms with van der Waals surface area (Å²) in [6.07, 6.45) is 3.59. The average Bonchev–Trinajstić information content (AvgIpc) is 2.36. The molecule has 4 nitrogen and oxygen atoms in total. The van der Waals surface area contributed by atoms with Gasteiger partial charge in [0.2, 0.25) is 0 Å². The lowest BCUT2D eigenvalue weighted by Crippen LogP contribution is -2.26. The molecule has 1 rings (SSSR count). The molecule has 0 aliphatic carbocycles. The van der Waals surface area contributed by atoms with E-state index in [0.29, 0.717) is 18.3 Å². The van der Waals surface area contributed by atoms with Crippen LogP contribution in [0.15, 0.2) is 18.3 Å². The Kier molecular flexibility index (Phi) is 6.50. The molecule has 0 bridgehead atoms. The maximum absolute atomic E-state index is 9.37. The van der Waals surface area contributed by atoms with Gasteiger partial charge in [-0.15, -0.1) is 0 Å². The van der Waals surface area contributed by atoms with Crippen LogP contribution < -0.4 is 10.1 Å². The summed E-state index contributed by atoms with van der Waals surface area (Å²) >= 11 is 0. The summed E-state index contributed by atoms with van der Waals surface area (Å²) in [5.41, 5.74) is 0. The third-order valence-corrected chi connectivity index (χ3v) is 2.55. The number of nitrogens with one attached hydrogen (secondary N) is 1. The predicted octanol–water partition coefficient (Wildman–Crippen LogP) is 2.69. The number of hydrogen-bond donors (Lipinski definition) is 2. The van der Waals surface area contributed by atoms with Crippen LogP contribution in [0.25, 0.3) is 0 Å². The lowest BCUT2D eigenvalue weighted by Gasteiger charge is -2.20. The zero-order chi connectivity index (χ0) is 13.4. The quantitative estimate of drug-likeness (QED) is 0.747. The van der Waals surface area contributed by atoms with Crippen molar-refractivity contribution < 1.29 is 9.84 Å². The summed E-state index contributed by atoms with van der Waals surface area (Å²) in [7, 11) is 0. The maximum Gasteiger partial charge on any atom is 0.169 e. The molecule has 102 valence electrons. The molecule has 0 aliphatic rings. The van der Waals surface area contributed by atoms with Crippen molar-refractivity contribution in [1.29, 1.82) is 0 Å². The molecule has 18 heavy (non-hydrogen) atoms. The number of rotatable bonds is 8. The fourth-order valence-corrected chi connectivity index (χ4v) is 1.77. The number of aromatic nitrogens is 1. The van der Waals surface area contributed by atoms with Crippen molar-refractivity contribution in [3.05, 3.63) is 18.3 Å². The molecule has 4 heteroatoms. The van der Waals surface area contributed by atoms with Crippen molar-refractivity contribution in [2.24, 2.45) is 5.92 Å². The van der Waals surface area contributed by atoms with Crippen LogP contribution in [0.5, 0.6) is 5.75 Å². The summed E-state index contributed by atoms with van der Waals surface area (Å²) in [6, 6.07) is 3.77. The van der Waals surface area contributed by atoms with Crippen molar-refractivity contribution in [2.75, 3.05) is 18.5 Å². The Labute approximate surface area is 109 Å². The molecule has 1 aromatic rings. The van der Waals surface area contributed by atoms with Gasteiger partial charge in [-0.3, -0.25) is 0 Å². The van der Waals surface area contributed by atoms with E-state index in [4.69, 9.17) is 4.74 Å². The van der Waals surface area contributed by atoms with Gasteiger partial charge in [0.15, 0.2) is 11.6 Å². The molecule has 0 aliphatic heterocycles. The van der Waals surface area contributed by atoms with Gasteiger partial charge in [-0.2, -0.15) is 0 Å². The van der Waals surface area contributed by atoms with Crippen molar-refractivity contribution in [2.45, 2.75) is 39.7 Å². The van der Waals surface area contributed by atoms with Gasteiger partial charge in [0.05, 0.1) is 19.3 Å². The Morgan fingerprint density at radius 2 is 2.22 bits per heavy atom. The van der Waals surface area contributed by atoms with E-state index in [1.54, 1.807) is 6.20 Å². The van der Waals surface area contributed by atoms with Crippen LogP contribution in [0.3, 0.4) is 0 Å². The van der Waals surface area contributed by atoms with Gasteiger partial charge in [-0.05, 0) is 30.9 Å². The molecule has 0 radical (unpaired) electrons. The van der Waals surface area contributed by atoms with Gasteiger partial charge in [-0.25, -0.2) is 4.98 Å². The molecule has 1 atom stereocenters. The standard InChI is InChI=1S/C14H24N2O2/c1-4-8-18-13-6-5-7-15-14(13)16-12(10-17)9-11(2)3/h5-7,11-12,17H,4,8-10H2,1-3H3,(H,15,16). The number of ether oxygens (including phenoxy) is 1. The molecular formula is C14H24N2O2. The number of pyridine rings is 1. The van der Waals surface area contributed by atoms with Crippen LogP contribution in [-0.4, -0.2) is 29.3 Å². The molecule has 2 N–H and O–H groups in total. The first-order chi connectivity index (χ1) is 8.67. The maximum atomic E-state index is 9.37. The normalized spacial score (nSPS) is 12.5. The second-order valence-corrected chi connectivity index (χ2v) is 4.85. The van der Waals surface area contributed by atoms with Crippen LogP contribution in [0.1, 0.15) is 33.6 Å². The first-order valence-corrected chi connectivity index (χ1v) is 6.62. The van der Waals surface area contributed by atoms with Crippen molar-refractivity contribution in [3.63, 3.8) is 0 Å². The first-order valence-electron chi connectivity index (χ1n) is 6.62. The summed E-state index contributed by atoms with van der Waals surface area (Å²) < 4.78 is 5.63. The Bertz CT molecular complexity index is 342. The molecule has 0 spiro atoms. The molecule has 0 fully saturated rings. The molecule has 0 saturated heterocycles. The fraction of sp³-hybridized carbons (Fsp3) is 0.643. The van der Waals surface area contributed by atoms with Gasteiger partial charge >= 0.3 is 0 Å². The lowest BCUT2D eigenvalue weighted by molar-refractivity contribution is 0.258. The largest absolute Gasteiger partial charge is 0.490 e. The highest BCUT2D eigenvalue weighted by Crippen LogP contribution is 2.22. The average molecular weight is 252 g/mol. The summed E-state index contributed by atoms with van der Waals surface area (Å²) in [4.78, 5) is 4.28. The van der Waals surface area contributed by atoms with Crippen molar-refractivity contribution >= 4 is 5.82 Å². The summed E-state index contributed by atoms with van der Waals surface area (Å²) in [5.74, 6) is 1.99. The Morgan fingerprint density at radius 3 is 2.83 bits per heavy atom. The molecular weight excluding hydrogens is 228 g/mol. The van der Waals surface area contributed by atoms with Gasteiger partial charge in [0, 0.05) is 6.20 Å². The van der Waals surface area contributed by atoms with Gasteiger partial charge < -0.3 is 15.2 Å². The number of nitrogens with zero attached hydrogens (tertiary/aromatic N) is 1. The number of aliphatic hydroxyl groups is 1. The van der Waals surface area contributed by atoms with E-state index < -0.39 is 0 Å². The van der Waals surface area contributed by atoms with E-state index >= 15 is 0 Å². The lowest BCUT2D eigenvalue weighted by atomic mass is 10.0. The highest BCUT2D eigenvalue weighted by atomic mass is 16.5. The second-order valence-electron chi connectivity index (χ2n) is 4.85. The third kappa shape index (κ3) is 4.92. The van der Waals surface area contributed by atoms with E-state index in [1.165, 1.54) is 0 Å². The smallest absolute Gasteiger partial charge is 0.169 e. The van der Waals surface area contributed by atoms with E-state index in [1.807, 2.05) is 12.1 Å². The Hall–Kier alpha value is -1.29. The molecule has 0 amide bonds. The Morgan fingerprint density at radius 1 is 1.44 bits per heavy atom. The summed E-state index contributed by atoms with van der Waals surface area (Å²) in [6.45, 7) is 7.11. The zero-order valence-electron chi connectivity index (χ0n) is 11.5. The first kappa shape index (κ1) is 14.8. The second kappa shape index (κ2) is 7.93. The number of aliphatic hydroxyl groups excluding tert-OH is 1. The van der Waals surface area contributed by atoms with Crippen LogP contribution in [0.4, 0.5) is 5.82 Å². The van der Waals surface area contributed by atoms with Crippen molar-refractivity contribution in [3.8, 4) is 5.75 Å². The van der Waals surface area contributed by atoms with E-state index in [2.05, 4.69) is 31.1 Å². The minimum atomic E-state index is 0.0175. The van der Waals surface area contributed by atoms with Crippen LogP contribution >= 0.6 is 0 Å². The topological polar surface area (TPSA) is 54.4 Å². The highest BCUT2D eigenvalue weighted by molar-refractivity contribution is 5.50. The van der Waals surface area contributed by atoms with E-state index in [-0.39, 0.29) is 12.6 Å². The minimum Gasteiger partial charge on any atom is -0.490 e. The zero-order valence-corrected chi connectivity index (χ0v) is 11.5. The van der Waals surface area contributed by atoms with Crippen molar-refractivity contribution in [1.82, 2.24) is 4.98 Å². The fourth-order valence-electron chi connectivity index (χ4n) is 1.77. The van der Waals surface area contributed by atoms with Crippen LogP contribution in [-0.2, 0) is 0 Å². The SMILES string of the molecule is CCCOc1cccnc1NC(CO)CC(C)C. The summed E-state index contributed by atoms with van der Waals surface area (Å²) in [5, 5.41) is 12.6. The number of anilines is 1. The van der Waals surface area contributed by atoms with Gasteiger partial charge in [0.25, 0.3) is 0 Å². The molecule has 0 aromatic carbocycles.